The lowest BCUT2D eigenvalue weighted by Gasteiger charge is -2.17. The maximum Gasteiger partial charge on any atom is 0.242 e. The van der Waals surface area contributed by atoms with Crippen molar-refractivity contribution in [3.8, 4) is 11.5 Å². The molecule has 152 valence electrons. The van der Waals surface area contributed by atoms with Gasteiger partial charge < -0.3 is 9.47 Å². The van der Waals surface area contributed by atoms with Gasteiger partial charge >= 0.3 is 0 Å². The fourth-order valence-corrected chi connectivity index (χ4v) is 4.04. The van der Waals surface area contributed by atoms with Crippen LogP contribution in [0.25, 0.3) is 0 Å². The molecule has 0 saturated carbocycles. The van der Waals surface area contributed by atoms with Gasteiger partial charge in [0.25, 0.3) is 0 Å². The number of rotatable bonds is 7. The molecule has 3 rings (SSSR count). The van der Waals surface area contributed by atoms with Crippen LogP contribution in [0.5, 0.6) is 11.5 Å². The molecule has 1 atom stereocenters. The molecule has 1 heterocycles. The first-order valence-electron chi connectivity index (χ1n) is 9.43. The molecule has 2 aromatic rings. The van der Waals surface area contributed by atoms with Crippen molar-refractivity contribution in [1.29, 1.82) is 0 Å². The van der Waals surface area contributed by atoms with Crippen molar-refractivity contribution in [3.05, 3.63) is 59.2 Å². The van der Waals surface area contributed by atoms with Crippen molar-refractivity contribution >= 4 is 29.1 Å². The number of aryl methyl sites for hydroxylation is 1. The van der Waals surface area contributed by atoms with Crippen LogP contribution in [0.1, 0.15) is 30.0 Å². The summed E-state index contributed by atoms with van der Waals surface area (Å²) in [4.78, 5) is 14.5. The van der Waals surface area contributed by atoms with Crippen LogP contribution in [-0.2, 0) is 11.3 Å². The number of carbonyl (C=O) groups excluding carboxylic acids is 1. The van der Waals surface area contributed by atoms with E-state index in [0.29, 0.717) is 23.2 Å². The van der Waals surface area contributed by atoms with Crippen LogP contribution >= 0.6 is 11.8 Å². The van der Waals surface area contributed by atoms with Gasteiger partial charge in [0.2, 0.25) is 5.91 Å². The normalized spacial score (nSPS) is 18.1. The van der Waals surface area contributed by atoms with Crippen molar-refractivity contribution in [3.63, 3.8) is 0 Å². The highest BCUT2D eigenvalue weighted by molar-refractivity contribution is 8.15. The van der Waals surface area contributed by atoms with Gasteiger partial charge in [-0.15, -0.1) is 5.10 Å². The van der Waals surface area contributed by atoms with Crippen LogP contribution in [0.3, 0.4) is 0 Å². The highest BCUT2D eigenvalue weighted by Crippen LogP contribution is 2.31. The highest BCUT2D eigenvalue weighted by Gasteiger charge is 2.37. The van der Waals surface area contributed by atoms with Crippen molar-refractivity contribution in [2.24, 2.45) is 10.2 Å². The molecular weight excluding hydrogens is 386 g/mol. The van der Waals surface area contributed by atoms with Crippen molar-refractivity contribution in [2.75, 3.05) is 14.2 Å². The van der Waals surface area contributed by atoms with E-state index in [1.807, 2.05) is 50.2 Å². The fraction of sp³-hybridized carbons (Fsp3) is 0.318. The number of hydrogen-bond donors (Lipinski definition) is 0. The van der Waals surface area contributed by atoms with E-state index >= 15 is 0 Å². The maximum absolute atomic E-state index is 12.8. The zero-order valence-corrected chi connectivity index (χ0v) is 17.9. The van der Waals surface area contributed by atoms with Crippen LogP contribution in [0, 0.1) is 6.92 Å². The molecule has 0 aliphatic carbocycles. The third-order valence-corrected chi connectivity index (χ3v) is 6.09. The van der Waals surface area contributed by atoms with Gasteiger partial charge in [0.15, 0.2) is 5.17 Å². The fourth-order valence-electron chi connectivity index (χ4n) is 3.01. The number of methoxy groups -OCH3 is 2. The number of thioether (sulfide) groups is 1. The number of hydrogen-bond acceptors (Lipinski definition) is 6. The summed E-state index contributed by atoms with van der Waals surface area (Å²) in [5, 5.41) is 9.09. The number of amides is 1. The highest BCUT2D eigenvalue weighted by atomic mass is 32.2. The monoisotopic (exact) mass is 411 g/mol. The molecule has 1 saturated heterocycles. The summed E-state index contributed by atoms with van der Waals surface area (Å²) in [5.74, 6) is 1.43. The number of nitrogens with zero attached hydrogens (tertiary/aromatic N) is 3. The van der Waals surface area contributed by atoms with E-state index in [0.717, 1.165) is 23.1 Å². The molecule has 1 aliphatic heterocycles. The molecule has 2 aromatic carbocycles. The second-order valence-electron chi connectivity index (χ2n) is 6.60. The van der Waals surface area contributed by atoms with Crippen LogP contribution in [0.15, 0.2) is 52.7 Å². The zero-order chi connectivity index (χ0) is 20.8. The Morgan fingerprint density at radius 1 is 1.17 bits per heavy atom. The minimum Gasteiger partial charge on any atom is -0.497 e. The molecule has 0 bridgehead atoms. The van der Waals surface area contributed by atoms with Crippen LogP contribution < -0.4 is 9.47 Å². The topological polar surface area (TPSA) is 63.5 Å². The first-order valence-corrected chi connectivity index (χ1v) is 10.3. The first-order chi connectivity index (χ1) is 14.1. The average Bonchev–Trinajstić information content (AvgIpc) is 3.04. The van der Waals surface area contributed by atoms with Gasteiger partial charge in [-0.3, -0.25) is 9.69 Å². The predicted octanol–water partition coefficient (Wildman–Crippen LogP) is 4.26. The first kappa shape index (κ1) is 20.9. The van der Waals surface area contributed by atoms with Crippen molar-refractivity contribution in [1.82, 2.24) is 4.90 Å². The Kier molecular flexibility index (Phi) is 6.93. The van der Waals surface area contributed by atoms with Crippen LogP contribution in [0.2, 0.25) is 0 Å². The van der Waals surface area contributed by atoms with E-state index in [1.165, 1.54) is 11.8 Å². The molecular formula is C22H25N3O3S. The third kappa shape index (κ3) is 4.79. The summed E-state index contributed by atoms with van der Waals surface area (Å²) in [6.07, 6.45) is 2.38. The second kappa shape index (κ2) is 9.60. The molecule has 1 fully saturated rings. The molecule has 0 aromatic heterocycles. The number of benzene rings is 2. The molecule has 1 unspecified atom stereocenters. The quantitative estimate of drug-likeness (QED) is 0.505. The SMILES string of the molecule is CCC1S/C(=N\N=C\c2ccc(OC)cc2OC)N(Cc2ccccc2C)C1=O. The van der Waals surface area contributed by atoms with Gasteiger partial charge in [-0.25, -0.2) is 0 Å². The Labute approximate surface area is 175 Å². The summed E-state index contributed by atoms with van der Waals surface area (Å²) < 4.78 is 10.6. The Morgan fingerprint density at radius 3 is 2.66 bits per heavy atom. The lowest BCUT2D eigenvalue weighted by molar-refractivity contribution is -0.126. The summed E-state index contributed by atoms with van der Waals surface area (Å²) in [6, 6.07) is 13.5. The lowest BCUT2D eigenvalue weighted by Crippen LogP contribution is -2.31. The standard InChI is InChI=1S/C22H25N3O3S/c1-5-20-21(26)25(14-17-9-7-6-8-15(17)2)22(29-20)24-23-13-16-10-11-18(27-3)12-19(16)28-4/h6-13,20H,5,14H2,1-4H3/b23-13+,24-22-. The molecule has 0 spiro atoms. The Hall–Kier alpha value is -2.80. The van der Waals surface area contributed by atoms with Crippen LogP contribution in [0.4, 0.5) is 0 Å². The Balaban J connectivity index is 1.84. The van der Waals surface area contributed by atoms with E-state index in [4.69, 9.17) is 9.47 Å². The van der Waals surface area contributed by atoms with Crippen molar-refractivity contribution < 1.29 is 14.3 Å². The minimum absolute atomic E-state index is 0.0803. The predicted molar refractivity (Wildman–Crippen MR) is 118 cm³/mol. The minimum atomic E-state index is -0.122. The number of amidine groups is 1. The van der Waals surface area contributed by atoms with Gasteiger partial charge in [-0.05, 0) is 36.6 Å². The van der Waals surface area contributed by atoms with E-state index in [-0.39, 0.29) is 11.2 Å². The van der Waals surface area contributed by atoms with Gasteiger partial charge in [-0.1, -0.05) is 43.0 Å². The van der Waals surface area contributed by atoms with E-state index < -0.39 is 0 Å². The summed E-state index contributed by atoms with van der Waals surface area (Å²) in [7, 11) is 3.20. The molecule has 6 nitrogen and oxygen atoms in total. The number of ether oxygens (including phenoxy) is 2. The average molecular weight is 412 g/mol. The smallest absolute Gasteiger partial charge is 0.242 e. The van der Waals surface area contributed by atoms with E-state index in [9.17, 15) is 4.79 Å². The van der Waals surface area contributed by atoms with Crippen LogP contribution in [-0.4, -0.2) is 41.7 Å². The molecule has 0 N–H and O–H groups in total. The van der Waals surface area contributed by atoms with Gasteiger partial charge in [-0.2, -0.15) is 5.10 Å². The molecule has 7 heteroatoms. The summed E-state index contributed by atoms with van der Waals surface area (Å²) >= 11 is 1.46. The third-order valence-electron chi connectivity index (χ3n) is 4.76. The maximum atomic E-state index is 12.8. The largest absolute Gasteiger partial charge is 0.497 e. The Morgan fingerprint density at radius 2 is 1.97 bits per heavy atom. The van der Waals surface area contributed by atoms with Gasteiger partial charge in [0, 0.05) is 11.6 Å². The lowest BCUT2D eigenvalue weighted by atomic mass is 10.1. The molecule has 0 radical (unpaired) electrons. The zero-order valence-electron chi connectivity index (χ0n) is 17.1. The number of carbonyl (C=O) groups is 1. The molecule has 29 heavy (non-hydrogen) atoms. The van der Waals surface area contributed by atoms with E-state index in [2.05, 4.69) is 10.2 Å². The second-order valence-corrected chi connectivity index (χ2v) is 7.77. The Bertz CT molecular complexity index is 943. The van der Waals surface area contributed by atoms with Gasteiger partial charge in [0.05, 0.1) is 32.2 Å². The van der Waals surface area contributed by atoms with Gasteiger partial charge in [0.1, 0.15) is 11.5 Å². The summed E-state index contributed by atoms with van der Waals surface area (Å²) in [5.41, 5.74) is 3.03. The molecule has 1 amide bonds. The van der Waals surface area contributed by atoms with Crippen molar-refractivity contribution in [2.45, 2.75) is 32.1 Å². The summed E-state index contributed by atoms with van der Waals surface area (Å²) in [6.45, 7) is 4.55. The molecule has 1 aliphatic rings. The van der Waals surface area contributed by atoms with E-state index in [1.54, 1.807) is 31.4 Å².